The van der Waals surface area contributed by atoms with Crippen LogP contribution in [0.15, 0.2) is 24.3 Å². The van der Waals surface area contributed by atoms with Gasteiger partial charge in [0.05, 0.1) is 11.7 Å². The quantitative estimate of drug-likeness (QED) is 0.808. The number of benzene rings is 1. The number of ether oxygens (including phenoxy) is 1. The first-order valence-corrected chi connectivity index (χ1v) is 8.10. The number of H-pyrrole nitrogens is 1. The maximum Gasteiger partial charge on any atom is 0.340 e. The summed E-state index contributed by atoms with van der Waals surface area (Å²) in [6.07, 6.45) is -0.219. The molecule has 1 aromatic heterocycles. The van der Waals surface area contributed by atoms with Gasteiger partial charge in [-0.25, -0.2) is 4.79 Å². The maximum atomic E-state index is 12.4. The molecule has 0 unspecified atom stereocenters. The summed E-state index contributed by atoms with van der Waals surface area (Å²) < 4.78 is 5.23. The van der Waals surface area contributed by atoms with Gasteiger partial charge in [-0.1, -0.05) is 29.8 Å². The minimum absolute atomic E-state index is 0.219. The van der Waals surface area contributed by atoms with Crippen molar-refractivity contribution in [2.24, 2.45) is 0 Å². The topological polar surface area (TPSA) is 71.2 Å². The smallest absolute Gasteiger partial charge is 0.340 e. The van der Waals surface area contributed by atoms with E-state index in [0.29, 0.717) is 34.1 Å². The molecule has 0 aliphatic rings. The molecule has 0 atom stereocenters. The van der Waals surface area contributed by atoms with Crippen molar-refractivity contribution in [1.29, 1.82) is 0 Å². The van der Waals surface area contributed by atoms with Gasteiger partial charge >= 0.3 is 5.97 Å². The number of rotatable bonds is 5. The molecule has 0 radical (unpaired) electrons. The number of hydrogen-bond acceptors (Lipinski definition) is 3. The molecule has 0 bridgehead atoms. The van der Waals surface area contributed by atoms with Gasteiger partial charge in [-0.2, -0.15) is 0 Å². The Morgan fingerprint density at radius 1 is 1.25 bits per heavy atom. The van der Waals surface area contributed by atoms with E-state index in [2.05, 4.69) is 10.3 Å². The van der Waals surface area contributed by atoms with Crippen LogP contribution in [-0.4, -0.2) is 23.0 Å². The molecule has 2 rings (SSSR count). The highest BCUT2D eigenvalue weighted by Gasteiger charge is 2.23. The van der Waals surface area contributed by atoms with Gasteiger partial charge < -0.3 is 15.0 Å². The molecule has 1 heterocycles. The highest BCUT2D eigenvalue weighted by atomic mass is 35.5. The summed E-state index contributed by atoms with van der Waals surface area (Å²) in [7, 11) is 0. The largest absolute Gasteiger partial charge is 0.459 e. The molecule has 0 aliphatic heterocycles. The Labute approximate surface area is 146 Å². The van der Waals surface area contributed by atoms with Gasteiger partial charge in [0, 0.05) is 17.3 Å². The van der Waals surface area contributed by atoms with Gasteiger partial charge in [0.1, 0.15) is 5.69 Å². The number of aromatic nitrogens is 1. The van der Waals surface area contributed by atoms with E-state index >= 15 is 0 Å². The number of carbonyl (C=O) groups is 2. The standard InChI is InChI=1S/C18H21ClN2O3/c1-10(2)24-18(23)15-11(3)16(21-12(15)4)17(22)20-9-13-7-5-6-8-14(13)19/h5-8,10,21H,9H2,1-4H3,(H,20,22). The molecule has 0 saturated carbocycles. The molecule has 0 aliphatic carbocycles. The lowest BCUT2D eigenvalue weighted by Crippen LogP contribution is -2.24. The molecule has 24 heavy (non-hydrogen) atoms. The fourth-order valence-electron chi connectivity index (χ4n) is 2.46. The molecular weight excluding hydrogens is 328 g/mol. The predicted octanol–water partition coefficient (Wildman–Crippen LogP) is 3.78. The zero-order valence-electron chi connectivity index (χ0n) is 14.2. The number of carbonyl (C=O) groups excluding carboxylic acids is 2. The molecule has 1 amide bonds. The van der Waals surface area contributed by atoms with E-state index in [1.54, 1.807) is 33.8 Å². The second kappa shape index (κ2) is 7.53. The summed E-state index contributed by atoms with van der Waals surface area (Å²) in [4.78, 5) is 27.6. The monoisotopic (exact) mass is 348 g/mol. The fourth-order valence-corrected chi connectivity index (χ4v) is 2.66. The van der Waals surface area contributed by atoms with E-state index in [4.69, 9.17) is 16.3 Å². The number of aromatic amines is 1. The first-order chi connectivity index (χ1) is 11.3. The number of esters is 1. The van der Waals surface area contributed by atoms with Crippen molar-refractivity contribution in [1.82, 2.24) is 10.3 Å². The van der Waals surface area contributed by atoms with Gasteiger partial charge in [-0.05, 0) is 44.9 Å². The van der Waals surface area contributed by atoms with Crippen LogP contribution in [0.4, 0.5) is 0 Å². The first-order valence-electron chi connectivity index (χ1n) is 7.73. The average molecular weight is 349 g/mol. The van der Waals surface area contributed by atoms with Gasteiger partial charge in [0.2, 0.25) is 0 Å². The van der Waals surface area contributed by atoms with Crippen LogP contribution >= 0.6 is 11.6 Å². The van der Waals surface area contributed by atoms with Crippen LogP contribution in [0.1, 0.15) is 51.5 Å². The van der Waals surface area contributed by atoms with Crippen LogP contribution in [0.2, 0.25) is 5.02 Å². The second-order valence-corrected chi connectivity index (χ2v) is 6.26. The minimum atomic E-state index is -0.429. The lowest BCUT2D eigenvalue weighted by Gasteiger charge is -2.09. The Morgan fingerprint density at radius 2 is 1.92 bits per heavy atom. The van der Waals surface area contributed by atoms with Crippen molar-refractivity contribution < 1.29 is 14.3 Å². The van der Waals surface area contributed by atoms with Gasteiger partial charge in [-0.3, -0.25) is 4.79 Å². The zero-order chi connectivity index (χ0) is 17.9. The van der Waals surface area contributed by atoms with Crippen molar-refractivity contribution >= 4 is 23.5 Å². The van der Waals surface area contributed by atoms with Crippen LogP contribution in [0, 0.1) is 13.8 Å². The van der Waals surface area contributed by atoms with Crippen molar-refractivity contribution in [3.8, 4) is 0 Å². The molecular formula is C18H21ClN2O3. The molecule has 5 nitrogen and oxygen atoms in total. The van der Waals surface area contributed by atoms with Gasteiger partial charge in [0.25, 0.3) is 5.91 Å². The second-order valence-electron chi connectivity index (χ2n) is 5.85. The summed E-state index contributed by atoms with van der Waals surface area (Å²) >= 11 is 6.08. The summed E-state index contributed by atoms with van der Waals surface area (Å²) in [5.74, 6) is -0.722. The lowest BCUT2D eigenvalue weighted by atomic mass is 10.1. The van der Waals surface area contributed by atoms with Crippen LogP contribution in [-0.2, 0) is 11.3 Å². The van der Waals surface area contributed by atoms with Crippen molar-refractivity contribution in [2.45, 2.75) is 40.3 Å². The Hall–Kier alpha value is -2.27. The van der Waals surface area contributed by atoms with Crippen molar-refractivity contribution in [3.05, 3.63) is 57.4 Å². The molecule has 6 heteroatoms. The summed E-state index contributed by atoms with van der Waals surface area (Å²) in [5.41, 5.74) is 2.78. The highest BCUT2D eigenvalue weighted by Crippen LogP contribution is 2.20. The lowest BCUT2D eigenvalue weighted by molar-refractivity contribution is 0.0376. The first kappa shape index (κ1) is 18.1. The summed E-state index contributed by atoms with van der Waals surface area (Å²) in [5, 5.41) is 3.41. The van der Waals surface area contributed by atoms with Crippen LogP contribution in [0.25, 0.3) is 0 Å². The highest BCUT2D eigenvalue weighted by molar-refractivity contribution is 6.31. The Morgan fingerprint density at radius 3 is 2.54 bits per heavy atom. The van der Waals surface area contributed by atoms with E-state index in [-0.39, 0.29) is 12.0 Å². The predicted molar refractivity (Wildman–Crippen MR) is 93.4 cm³/mol. The fraction of sp³-hybridized carbons (Fsp3) is 0.333. The minimum Gasteiger partial charge on any atom is -0.459 e. The molecule has 0 fully saturated rings. The van der Waals surface area contributed by atoms with E-state index in [1.165, 1.54) is 0 Å². The summed E-state index contributed by atoms with van der Waals surface area (Å²) in [6, 6.07) is 7.31. The van der Waals surface area contributed by atoms with Gasteiger partial charge in [-0.15, -0.1) is 0 Å². The van der Waals surface area contributed by atoms with Crippen molar-refractivity contribution in [3.63, 3.8) is 0 Å². The van der Waals surface area contributed by atoms with Gasteiger partial charge in [0.15, 0.2) is 0 Å². The zero-order valence-corrected chi connectivity index (χ0v) is 15.0. The number of amides is 1. The average Bonchev–Trinajstić information content (AvgIpc) is 2.80. The Bertz CT molecular complexity index is 766. The van der Waals surface area contributed by atoms with Crippen molar-refractivity contribution in [2.75, 3.05) is 0 Å². The molecule has 2 aromatic rings. The van der Waals surface area contributed by atoms with E-state index in [9.17, 15) is 9.59 Å². The SMILES string of the molecule is Cc1[nH]c(C(=O)NCc2ccccc2Cl)c(C)c1C(=O)OC(C)C. The molecule has 1 aromatic carbocycles. The number of aryl methyl sites for hydroxylation is 1. The van der Waals surface area contributed by atoms with Crippen LogP contribution in [0.5, 0.6) is 0 Å². The number of nitrogens with one attached hydrogen (secondary N) is 2. The Kier molecular flexibility index (Phi) is 5.67. The molecule has 128 valence electrons. The van der Waals surface area contributed by atoms with Crippen LogP contribution < -0.4 is 5.32 Å². The third-order valence-corrected chi connectivity index (χ3v) is 3.98. The number of halogens is 1. The maximum absolute atomic E-state index is 12.4. The normalized spacial score (nSPS) is 10.8. The van der Waals surface area contributed by atoms with Crippen LogP contribution in [0.3, 0.4) is 0 Å². The third kappa shape index (κ3) is 3.97. The van der Waals surface area contributed by atoms with E-state index in [1.807, 2.05) is 18.2 Å². The molecule has 0 saturated heterocycles. The molecule has 0 spiro atoms. The Balaban J connectivity index is 2.16. The third-order valence-electron chi connectivity index (χ3n) is 3.61. The number of hydrogen-bond donors (Lipinski definition) is 2. The molecule has 2 N–H and O–H groups in total. The van der Waals surface area contributed by atoms with E-state index in [0.717, 1.165) is 5.56 Å². The van der Waals surface area contributed by atoms with E-state index < -0.39 is 5.97 Å². The summed E-state index contributed by atoms with van der Waals surface area (Å²) in [6.45, 7) is 7.35.